The van der Waals surface area contributed by atoms with Gasteiger partial charge in [0.2, 0.25) is 0 Å². The summed E-state index contributed by atoms with van der Waals surface area (Å²) in [5.74, 6) is -1.35. The Morgan fingerprint density at radius 1 is 1.45 bits per heavy atom. The molecule has 1 unspecified atom stereocenters. The first-order valence-electron chi connectivity index (χ1n) is 6.52. The summed E-state index contributed by atoms with van der Waals surface area (Å²) in [6.07, 6.45) is 2.89. The van der Waals surface area contributed by atoms with Gasteiger partial charge in [0.15, 0.2) is 0 Å². The van der Waals surface area contributed by atoms with Gasteiger partial charge in [-0.05, 0) is 25.0 Å². The molecule has 1 aromatic heterocycles. The summed E-state index contributed by atoms with van der Waals surface area (Å²) in [5, 5.41) is 19.2. The third-order valence-electron chi connectivity index (χ3n) is 3.23. The lowest BCUT2D eigenvalue weighted by molar-refractivity contribution is -0.141. The van der Waals surface area contributed by atoms with Crippen LogP contribution in [0.5, 0.6) is 0 Å². The summed E-state index contributed by atoms with van der Waals surface area (Å²) in [7, 11) is 0. The number of fused-ring (bicyclic) bond motifs is 1. The van der Waals surface area contributed by atoms with Crippen LogP contribution in [0, 0.1) is 5.92 Å². The van der Waals surface area contributed by atoms with Crippen molar-refractivity contribution < 1.29 is 14.7 Å². The molecule has 1 aromatic carbocycles. The molecule has 0 fully saturated rings. The first-order valence-corrected chi connectivity index (χ1v) is 6.52. The number of carbonyl (C=O) groups excluding carboxylic acids is 1. The van der Waals surface area contributed by atoms with Gasteiger partial charge in [-0.3, -0.25) is 14.7 Å². The third-order valence-corrected chi connectivity index (χ3v) is 3.23. The smallest absolute Gasteiger partial charge is 0.306 e. The van der Waals surface area contributed by atoms with Gasteiger partial charge in [-0.2, -0.15) is 5.10 Å². The van der Waals surface area contributed by atoms with Crippen molar-refractivity contribution in [3.05, 3.63) is 30.0 Å². The van der Waals surface area contributed by atoms with Gasteiger partial charge in [0, 0.05) is 17.5 Å². The highest BCUT2D eigenvalue weighted by molar-refractivity contribution is 5.97. The number of aromatic nitrogens is 2. The van der Waals surface area contributed by atoms with Crippen LogP contribution < -0.4 is 5.32 Å². The molecule has 6 nitrogen and oxygen atoms in total. The lowest BCUT2D eigenvalue weighted by Gasteiger charge is -2.07. The van der Waals surface area contributed by atoms with E-state index in [9.17, 15) is 9.59 Å². The van der Waals surface area contributed by atoms with Crippen molar-refractivity contribution >= 4 is 22.8 Å². The van der Waals surface area contributed by atoms with E-state index in [-0.39, 0.29) is 11.8 Å². The number of amides is 1. The number of aliphatic carboxylic acids is 1. The summed E-state index contributed by atoms with van der Waals surface area (Å²) >= 11 is 0. The Bertz CT molecular complexity index is 621. The van der Waals surface area contributed by atoms with Crippen LogP contribution in [0.2, 0.25) is 0 Å². The summed E-state index contributed by atoms with van der Waals surface area (Å²) in [6, 6.07) is 5.32. The molecule has 0 aliphatic heterocycles. The maximum absolute atomic E-state index is 11.9. The molecule has 0 aliphatic rings. The normalized spacial score (nSPS) is 12.2. The van der Waals surface area contributed by atoms with Crippen molar-refractivity contribution in [2.24, 2.45) is 5.92 Å². The number of carboxylic acid groups (broad SMARTS) is 1. The molecule has 0 bridgehead atoms. The molecule has 1 heterocycles. The van der Waals surface area contributed by atoms with E-state index >= 15 is 0 Å². The average molecular weight is 275 g/mol. The number of hydrogen-bond acceptors (Lipinski definition) is 3. The first kappa shape index (κ1) is 14.0. The molecule has 1 atom stereocenters. The van der Waals surface area contributed by atoms with Crippen molar-refractivity contribution in [3.63, 3.8) is 0 Å². The van der Waals surface area contributed by atoms with Crippen LogP contribution in [0.3, 0.4) is 0 Å². The van der Waals surface area contributed by atoms with E-state index in [1.54, 1.807) is 25.3 Å². The van der Waals surface area contributed by atoms with E-state index in [1.165, 1.54) is 0 Å². The molecular formula is C14H17N3O3. The van der Waals surface area contributed by atoms with E-state index in [0.29, 0.717) is 24.9 Å². The van der Waals surface area contributed by atoms with Gasteiger partial charge < -0.3 is 10.4 Å². The molecule has 20 heavy (non-hydrogen) atoms. The monoisotopic (exact) mass is 275 g/mol. The summed E-state index contributed by atoms with van der Waals surface area (Å²) in [4.78, 5) is 22.6. The van der Waals surface area contributed by atoms with Gasteiger partial charge in [-0.1, -0.05) is 13.0 Å². The Labute approximate surface area is 116 Å². The van der Waals surface area contributed by atoms with Crippen LogP contribution in [-0.2, 0) is 4.79 Å². The van der Waals surface area contributed by atoms with Gasteiger partial charge in [-0.15, -0.1) is 0 Å². The Morgan fingerprint density at radius 3 is 3.00 bits per heavy atom. The number of aromatic amines is 1. The van der Waals surface area contributed by atoms with Crippen LogP contribution in [-0.4, -0.2) is 33.7 Å². The largest absolute Gasteiger partial charge is 0.481 e. The number of carbonyl (C=O) groups is 2. The van der Waals surface area contributed by atoms with Crippen LogP contribution >= 0.6 is 0 Å². The Morgan fingerprint density at radius 2 is 2.25 bits per heavy atom. The summed E-state index contributed by atoms with van der Waals surface area (Å²) in [5.41, 5.74) is 1.38. The molecule has 2 rings (SSSR count). The standard InChI is InChI=1S/C14H17N3O3/c1-9(14(19)20)3-2-6-15-13(18)10-4-5-11-8-16-17-12(11)7-10/h4-5,7-9H,2-3,6H2,1H3,(H,15,18)(H,16,17)(H,19,20). The summed E-state index contributed by atoms with van der Waals surface area (Å²) < 4.78 is 0. The average Bonchev–Trinajstić information content (AvgIpc) is 2.90. The quantitative estimate of drug-likeness (QED) is 0.700. The molecule has 6 heteroatoms. The molecule has 3 N–H and O–H groups in total. The molecule has 106 valence electrons. The van der Waals surface area contributed by atoms with Crippen molar-refractivity contribution in [2.75, 3.05) is 6.54 Å². The van der Waals surface area contributed by atoms with Crippen LogP contribution in [0.25, 0.3) is 10.9 Å². The highest BCUT2D eigenvalue weighted by atomic mass is 16.4. The predicted molar refractivity (Wildman–Crippen MR) is 74.5 cm³/mol. The molecule has 0 saturated heterocycles. The predicted octanol–water partition coefficient (Wildman–Crippen LogP) is 1.79. The highest BCUT2D eigenvalue weighted by Gasteiger charge is 2.11. The number of benzene rings is 1. The Balaban J connectivity index is 1.84. The topological polar surface area (TPSA) is 95.1 Å². The van der Waals surface area contributed by atoms with E-state index in [4.69, 9.17) is 5.11 Å². The van der Waals surface area contributed by atoms with Gasteiger partial charge >= 0.3 is 5.97 Å². The number of hydrogen-bond donors (Lipinski definition) is 3. The zero-order chi connectivity index (χ0) is 14.5. The number of nitrogens with one attached hydrogen (secondary N) is 2. The molecule has 0 radical (unpaired) electrons. The molecular weight excluding hydrogens is 258 g/mol. The van der Waals surface area contributed by atoms with Gasteiger partial charge in [0.05, 0.1) is 17.6 Å². The fourth-order valence-corrected chi connectivity index (χ4v) is 1.91. The molecule has 0 spiro atoms. The maximum Gasteiger partial charge on any atom is 0.306 e. The maximum atomic E-state index is 11.9. The summed E-state index contributed by atoms with van der Waals surface area (Å²) in [6.45, 7) is 2.13. The number of carboxylic acids is 1. The van der Waals surface area contributed by atoms with Gasteiger partial charge in [0.25, 0.3) is 5.91 Å². The molecule has 2 aromatic rings. The number of nitrogens with zero attached hydrogens (tertiary/aromatic N) is 1. The zero-order valence-corrected chi connectivity index (χ0v) is 11.2. The zero-order valence-electron chi connectivity index (χ0n) is 11.2. The molecule has 0 saturated carbocycles. The first-order chi connectivity index (χ1) is 9.58. The van der Waals surface area contributed by atoms with Gasteiger partial charge in [-0.25, -0.2) is 0 Å². The van der Waals surface area contributed by atoms with Crippen molar-refractivity contribution in [3.8, 4) is 0 Å². The number of rotatable bonds is 6. The molecule has 1 amide bonds. The van der Waals surface area contributed by atoms with Gasteiger partial charge in [0.1, 0.15) is 0 Å². The minimum atomic E-state index is -0.805. The fourth-order valence-electron chi connectivity index (χ4n) is 1.91. The van der Waals surface area contributed by atoms with Crippen LogP contribution in [0.1, 0.15) is 30.1 Å². The second kappa shape index (κ2) is 6.18. The second-order valence-corrected chi connectivity index (χ2v) is 4.81. The molecule has 0 aliphatic carbocycles. The van der Waals surface area contributed by atoms with E-state index in [1.807, 2.05) is 6.07 Å². The minimum absolute atomic E-state index is 0.163. The lowest BCUT2D eigenvalue weighted by atomic mass is 10.1. The lowest BCUT2D eigenvalue weighted by Crippen LogP contribution is -2.25. The Hall–Kier alpha value is -2.37. The SMILES string of the molecule is CC(CCCNC(=O)c1ccc2cn[nH]c2c1)C(=O)O. The van der Waals surface area contributed by atoms with Crippen LogP contribution in [0.4, 0.5) is 0 Å². The van der Waals surface area contributed by atoms with Crippen LogP contribution in [0.15, 0.2) is 24.4 Å². The highest BCUT2D eigenvalue weighted by Crippen LogP contribution is 2.12. The van der Waals surface area contributed by atoms with E-state index in [2.05, 4.69) is 15.5 Å². The van der Waals surface area contributed by atoms with Crippen molar-refractivity contribution in [1.29, 1.82) is 0 Å². The van der Waals surface area contributed by atoms with E-state index < -0.39 is 5.97 Å². The van der Waals surface area contributed by atoms with Crippen molar-refractivity contribution in [1.82, 2.24) is 15.5 Å². The second-order valence-electron chi connectivity index (χ2n) is 4.81. The van der Waals surface area contributed by atoms with Crippen molar-refractivity contribution in [2.45, 2.75) is 19.8 Å². The Kier molecular flexibility index (Phi) is 4.34. The minimum Gasteiger partial charge on any atom is -0.481 e. The number of H-pyrrole nitrogens is 1. The fraction of sp³-hybridized carbons (Fsp3) is 0.357. The van der Waals surface area contributed by atoms with E-state index in [0.717, 1.165) is 10.9 Å². The third kappa shape index (κ3) is 3.34.